The maximum Gasteiger partial charge on any atom is 0.240 e. The van der Waals surface area contributed by atoms with E-state index >= 15 is 0 Å². The number of nitrogens with zero attached hydrogens (tertiary/aromatic N) is 1. The molecular formula is C14H22N2O4S. The average Bonchev–Trinajstić information content (AvgIpc) is 2.99. The quantitative estimate of drug-likeness (QED) is 0.769. The Morgan fingerprint density at radius 1 is 1.33 bits per heavy atom. The highest BCUT2D eigenvalue weighted by atomic mass is 32.2. The zero-order chi connectivity index (χ0) is 15.3. The smallest absolute Gasteiger partial charge is 0.240 e. The molecule has 0 spiro atoms. The molecule has 1 aromatic rings. The molecule has 2 N–H and O–H groups in total. The highest BCUT2D eigenvalue weighted by molar-refractivity contribution is 7.89. The van der Waals surface area contributed by atoms with Crippen molar-refractivity contribution in [2.75, 3.05) is 33.3 Å². The van der Waals surface area contributed by atoms with Gasteiger partial charge in [0.1, 0.15) is 5.75 Å². The summed E-state index contributed by atoms with van der Waals surface area (Å²) in [5, 5.41) is 9.26. The Kier molecular flexibility index (Phi) is 5.58. The van der Waals surface area contributed by atoms with Crippen LogP contribution < -0.4 is 9.46 Å². The van der Waals surface area contributed by atoms with E-state index in [0.717, 1.165) is 19.6 Å². The van der Waals surface area contributed by atoms with Gasteiger partial charge in [-0.05, 0) is 44.1 Å². The lowest BCUT2D eigenvalue weighted by Crippen LogP contribution is -2.33. The maximum atomic E-state index is 12.2. The standard InChI is InChI=1S/C14H22N2O4S/c1-20-14-5-4-13(10-12(14)11-17)21(18,19)15-6-9-16-7-2-3-8-16/h4-5,10,15,17H,2-3,6-9,11H2,1H3. The van der Waals surface area contributed by atoms with Gasteiger partial charge in [-0.1, -0.05) is 0 Å². The van der Waals surface area contributed by atoms with Crippen molar-refractivity contribution in [2.45, 2.75) is 24.3 Å². The fourth-order valence-electron chi connectivity index (χ4n) is 2.47. The lowest BCUT2D eigenvalue weighted by Gasteiger charge is -2.15. The highest BCUT2D eigenvalue weighted by Gasteiger charge is 2.17. The molecule has 21 heavy (non-hydrogen) atoms. The molecule has 0 atom stereocenters. The van der Waals surface area contributed by atoms with E-state index in [1.165, 1.54) is 32.1 Å². The van der Waals surface area contributed by atoms with Crippen LogP contribution in [0.15, 0.2) is 23.1 Å². The SMILES string of the molecule is COc1ccc(S(=O)(=O)NCCN2CCCC2)cc1CO. The molecule has 0 radical (unpaired) electrons. The first-order valence-electron chi connectivity index (χ1n) is 7.06. The number of hydrogen-bond donors (Lipinski definition) is 2. The van der Waals surface area contributed by atoms with E-state index in [1.54, 1.807) is 6.07 Å². The lowest BCUT2D eigenvalue weighted by atomic mass is 10.2. The van der Waals surface area contributed by atoms with Gasteiger partial charge in [0.2, 0.25) is 10.0 Å². The lowest BCUT2D eigenvalue weighted by molar-refractivity contribution is 0.273. The Hall–Kier alpha value is -1.15. The molecular weight excluding hydrogens is 292 g/mol. The number of methoxy groups -OCH3 is 1. The van der Waals surface area contributed by atoms with E-state index in [-0.39, 0.29) is 11.5 Å². The molecule has 1 heterocycles. The van der Waals surface area contributed by atoms with Crippen molar-refractivity contribution in [1.82, 2.24) is 9.62 Å². The summed E-state index contributed by atoms with van der Waals surface area (Å²) in [7, 11) is -2.07. The molecule has 0 unspecified atom stereocenters. The van der Waals surface area contributed by atoms with E-state index in [1.807, 2.05) is 0 Å². The van der Waals surface area contributed by atoms with Gasteiger partial charge < -0.3 is 14.7 Å². The second-order valence-electron chi connectivity index (χ2n) is 5.08. The molecule has 7 heteroatoms. The van der Waals surface area contributed by atoms with Crippen LogP contribution in [0.5, 0.6) is 5.75 Å². The van der Waals surface area contributed by atoms with Crippen molar-refractivity contribution in [3.8, 4) is 5.75 Å². The molecule has 118 valence electrons. The minimum Gasteiger partial charge on any atom is -0.496 e. The molecule has 0 aromatic heterocycles. The number of likely N-dealkylation sites (tertiary alicyclic amines) is 1. The van der Waals surface area contributed by atoms with Crippen molar-refractivity contribution in [3.63, 3.8) is 0 Å². The van der Waals surface area contributed by atoms with Gasteiger partial charge in [-0.25, -0.2) is 13.1 Å². The van der Waals surface area contributed by atoms with Crippen LogP contribution in [0.25, 0.3) is 0 Å². The first-order valence-corrected chi connectivity index (χ1v) is 8.55. The number of nitrogens with one attached hydrogen (secondary N) is 1. The van der Waals surface area contributed by atoms with Crippen LogP contribution in [0.2, 0.25) is 0 Å². The van der Waals surface area contributed by atoms with Crippen LogP contribution in [0.1, 0.15) is 18.4 Å². The number of benzene rings is 1. The predicted octanol–water partition coefficient (Wildman–Crippen LogP) is 0.562. The molecule has 0 aliphatic carbocycles. The Bertz CT molecular complexity index is 568. The van der Waals surface area contributed by atoms with Gasteiger partial charge in [-0.3, -0.25) is 0 Å². The molecule has 1 saturated heterocycles. The van der Waals surface area contributed by atoms with Gasteiger partial charge in [0.15, 0.2) is 0 Å². The first kappa shape index (κ1) is 16.2. The van der Waals surface area contributed by atoms with Crippen LogP contribution in [-0.2, 0) is 16.6 Å². The van der Waals surface area contributed by atoms with Crippen molar-refractivity contribution >= 4 is 10.0 Å². The van der Waals surface area contributed by atoms with E-state index in [0.29, 0.717) is 17.9 Å². The molecule has 1 aliphatic rings. The van der Waals surface area contributed by atoms with Gasteiger partial charge in [0.05, 0.1) is 18.6 Å². The highest BCUT2D eigenvalue weighted by Crippen LogP contribution is 2.22. The average molecular weight is 314 g/mol. The predicted molar refractivity (Wildman–Crippen MR) is 79.8 cm³/mol. The third-order valence-electron chi connectivity index (χ3n) is 3.65. The molecule has 1 aliphatic heterocycles. The van der Waals surface area contributed by atoms with E-state index in [4.69, 9.17) is 4.74 Å². The van der Waals surface area contributed by atoms with Crippen LogP contribution in [0.3, 0.4) is 0 Å². The van der Waals surface area contributed by atoms with E-state index < -0.39 is 10.0 Å². The Labute approximate surface area is 125 Å². The molecule has 1 fully saturated rings. The van der Waals surface area contributed by atoms with Gasteiger partial charge >= 0.3 is 0 Å². The number of ether oxygens (including phenoxy) is 1. The topological polar surface area (TPSA) is 78.9 Å². The largest absolute Gasteiger partial charge is 0.496 e. The minimum atomic E-state index is -3.55. The summed E-state index contributed by atoms with van der Waals surface area (Å²) in [4.78, 5) is 2.39. The second-order valence-corrected chi connectivity index (χ2v) is 6.85. The molecule has 0 amide bonds. The fraction of sp³-hybridized carbons (Fsp3) is 0.571. The zero-order valence-corrected chi connectivity index (χ0v) is 13.0. The number of aliphatic hydroxyl groups is 1. The van der Waals surface area contributed by atoms with E-state index in [9.17, 15) is 13.5 Å². The van der Waals surface area contributed by atoms with Crippen molar-refractivity contribution in [2.24, 2.45) is 0 Å². The maximum absolute atomic E-state index is 12.2. The minimum absolute atomic E-state index is 0.147. The van der Waals surface area contributed by atoms with Crippen molar-refractivity contribution in [3.05, 3.63) is 23.8 Å². The van der Waals surface area contributed by atoms with Crippen LogP contribution in [0.4, 0.5) is 0 Å². The van der Waals surface area contributed by atoms with Gasteiger partial charge in [-0.15, -0.1) is 0 Å². The summed E-state index contributed by atoms with van der Waals surface area (Å²) in [6.45, 7) is 2.93. The Balaban J connectivity index is 2.01. The summed E-state index contributed by atoms with van der Waals surface area (Å²) < 4.78 is 32.1. The van der Waals surface area contributed by atoms with Gasteiger partial charge in [0, 0.05) is 18.7 Å². The normalized spacial score (nSPS) is 16.3. The second kappa shape index (κ2) is 7.22. The summed E-state index contributed by atoms with van der Waals surface area (Å²) in [6, 6.07) is 4.48. The summed E-state index contributed by atoms with van der Waals surface area (Å²) in [6.07, 6.45) is 2.37. The van der Waals surface area contributed by atoms with Crippen molar-refractivity contribution < 1.29 is 18.3 Å². The summed E-state index contributed by atoms with van der Waals surface area (Å²) >= 11 is 0. The van der Waals surface area contributed by atoms with E-state index in [2.05, 4.69) is 9.62 Å². The first-order chi connectivity index (χ1) is 10.1. The van der Waals surface area contributed by atoms with Crippen LogP contribution in [-0.4, -0.2) is 51.7 Å². The number of sulfonamides is 1. The molecule has 0 saturated carbocycles. The molecule has 0 bridgehead atoms. The van der Waals surface area contributed by atoms with Gasteiger partial charge in [0.25, 0.3) is 0 Å². The van der Waals surface area contributed by atoms with Gasteiger partial charge in [-0.2, -0.15) is 0 Å². The third kappa shape index (κ3) is 4.16. The zero-order valence-electron chi connectivity index (χ0n) is 12.2. The summed E-state index contributed by atoms with van der Waals surface area (Å²) in [5.74, 6) is 0.480. The molecule has 1 aromatic carbocycles. The van der Waals surface area contributed by atoms with Crippen molar-refractivity contribution in [1.29, 1.82) is 0 Å². The molecule has 6 nitrogen and oxygen atoms in total. The third-order valence-corrected chi connectivity index (χ3v) is 5.11. The van der Waals surface area contributed by atoms with Crippen LogP contribution in [0, 0.1) is 0 Å². The monoisotopic (exact) mass is 314 g/mol. The number of hydrogen-bond acceptors (Lipinski definition) is 5. The number of aliphatic hydroxyl groups excluding tert-OH is 1. The fourth-order valence-corrected chi connectivity index (χ4v) is 3.54. The Morgan fingerprint density at radius 2 is 2.05 bits per heavy atom. The molecule has 2 rings (SSSR count). The number of rotatable bonds is 7. The van der Waals surface area contributed by atoms with Crippen LogP contribution >= 0.6 is 0 Å². The summed E-state index contributed by atoms with van der Waals surface area (Å²) in [5.41, 5.74) is 0.458. The Morgan fingerprint density at radius 3 is 2.67 bits per heavy atom.